The first-order valence-corrected chi connectivity index (χ1v) is 6.53. The number of aliphatic hydroxyl groups is 1. The molecule has 0 aliphatic heterocycles. The lowest BCUT2D eigenvalue weighted by Crippen LogP contribution is -2.27. The second kappa shape index (κ2) is 7.24. The van der Waals surface area contributed by atoms with Gasteiger partial charge in [0.1, 0.15) is 0 Å². The van der Waals surface area contributed by atoms with E-state index in [0.717, 1.165) is 18.9 Å². The summed E-state index contributed by atoms with van der Waals surface area (Å²) in [6.07, 6.45) is 7.06. The second-order valence-electron chi connectivity index (χ2n) is 4.75. The van der Waals surface area contributed by atoms with E-state index in [1.807, 2.05) is 6.92 Å². The first-order valence-electron chi connectivity index (χ1n) is 6.53. The van der Waals surface area contributed by atoms with Gasteiger partial charge in [-0.25, -0.2) is 0 Å². The van der Waals surface area contributed by atoms with Gasteiger partial charge in [-0.1, -0.05) is 26.2 Å². The Morgan fingerprint density at radius 1 is 1.33 bits per heavy atom. The van der Waals surface area contributed by atoms with E-state index in [2.05, 4.69) is 6.92 Å². The van der Waals surface area contributed by atoms with Crippen LogP contribution in [0.4, 0.5) is 0 Å². The molecule has 1 rings (SSSR count). The van der Waals surface area contributed by atoms with Crippen molar-refractivity contribution in [3.8, 4) is 0 Å². The summed E-state index contributed by atoms with van der Waals surface area (Å²) in [4.78, 5) is 0. The summed E-state index contributed by atoms with van der Waals surface area (Å²) in [6, 6.07) is 0. The Hall–Kier alpha value is -0.0800. The molecule has 1 fully saturated rings. The van der Waals surface area contributed by atoms with Gasteiger partial charge in [0, 0.05) is 13.2 Å². The molecule has 3 atom stereocenters. The molecule has 3 unspecified atom stereocenters. The average Bonchev–Trinajstić information content (AvgIpc) is 2.29. The molecule has 0 aromatic carbocycles. The van der Waals surface area contributed by atoms with E-state index in [1.54, 1.807) is 0 Å². The molecule has 0 spiro atoms. The molecule has 2 nitrogen and oxygen atoms in total. The fourth-order valence-electron chi connectivity index (χ4n) is 2.64. The molecule has 1 N–H and O–H groups in total. The van der Waals surface area contributed by atoms with Gasteiger partial charge >= 0.3 is 0 Å². The van der Waals surface area contributed by atoms with Crippen molar-refractivity contribution in [3.63, 3.8) is 0 Å². The van der Waals surface area contributed by atoms with Crippen molar-refractivity contribution in [2.75, 3.05) is 13.2 Å². The lowest BCUT2D eigenvalue weighted by molar-refractivity contribution is 0.0321. The van der Waals surface area contributed by atoms with Crippen LogP contribution in [0.1, 0.15) is 52.4 Å². The topological polar surface area (TPSA) is 29.5 Å². The van der Waals surface area contributed by atoms with Gasteiger partial charge in [0.25, 0.3) is 0 Å². The second-order valence-corrected chi connectivity index (χ2v) is 4.75. The molecule has 1 aliphatic carbocycles. The SMILES string of the molecule is CCOCCC(O)C1CCCC(CC)C1. The first kappa shape index (κ1) is 13.0. The summed E-state index contributed by atoms with van der Waals surface area (Å²) in [7, 11) is 0. The highest BCUT2D eigenvalue weighted by Gasteiger charge is 2.26. The van der Waals surface area contributed by atoms with Crippen LogP contribution in [0.25, 0.3) is 0 Å². The van der Waals surface area contributed by atoms with Gasteiger partial charge < -0.3 is 9.84 Å². The van der Waals surface area contributed by atoms with Crippen LogP contribution in [0.15, 0.2) is 0 Å². The Bertz CT molecular complexity index is 159. The molecule has 0 amide bonds. The summed E-state index contributed by atoms with van der Waals surface area (Å²) in [5.41, 5.74) is 0. The minimum atomic E-state index is -0.133. The Kier molecular flexibility index (Phi) is 6.26. The third kappa shape index (κ3) is 4.52. The summed E-state index contributed by atoms with van der Waals surface area (Å²) >= 11 is 0. The van der Waals surface area contributed by atoms with Crippen molar-refractivity contribution >= 4 is 0 Å². The van der Waals surface area contributed by atoms with E-state index >= 15 is 0 Å². The quantitative estimate of drug-likeness (QED) is 0.689. The smallest absolute Gasteiger partial charge is 0.0590 e. The molecule has 1 aliphatic rings. The van der Waals surface area contributed by atoms with Gasteiger partial charge in [0.2, 0.25) is 0 Å². The van der Waals surface area contributed by atoms with E-state index in [-0.39, 0.29) is 6.10 Å². The Balaban J connectivity index is 2.22. The Labute approximate surface area is 94.0 Å². The molecule has 0 saturated heterocycles. The molecule has 15 heavy (non-hydrogen) atoms. The van der Waals surface area contributed by atoms with E-state index in [1.165, 1.54) is 32.1 Å². The summed E-state index contributed by atoms with van der Waals surface area (Å²) < 4.78 is 5.29. The Morgan fingerprint density at radius 2 is 2.13 bits per heavy atom. The van der Waals surface area contributed by atoms with Gasteiger partial charge in [-0.2, -0.15) is 0 Å². The van der Waals surface area contributed by atoms with Crippen molar-refractivity contribution in [2.24, 2.45) is 11.8 Å². The number of hydrogen-bond acceptors (Lipinski definition) is 2. The number of ether oxygens (including phenoxy) is 1. The summed E-state index contributed by atoms with van der Waals surface area (Å²) in [5, 5.41) is 10.0. The van der Waals surface area contributed by atoms with Crippen molar-refractivity contribution in [2.45, 2.75) is 58.5 Å². The van der Waals surface area contributed by atoms with Gasteiger partial charge in [0.15, 0.2) is 0 Å². The third-order valence-corrected chi connectivity index (χ3v) is 3.71. The monoisotopic (exact) mass is 214 g/mol. The molecule has 90 valence electrons. The Morgan fingerprint density at radius 3 is 2.80 bits per heavy atom. The van der Waals surface area contributed by atoms with E-state index in [4.69, 9.17) is 4.74 Å². The van der Waals surface area contributed by atoms with Crippen LogP contribution in [0, 0.1) is 11.8 Å². The number of rotatable bonds is 6. The zero-order chi connectivity index (χ0) is 11.1. The van der Waals surface area contributed by atoms with Gasteiger partial charge in [-0.3, -0.25) is 0 Å². The predicted octanol–water partition coefficient (Wildman–Crippen LogP) is 2.99. The van der Waals surface area contributed by atoms with Crippen molar-refractivity contribution in [3.05, 3.63) is 0 Å². The molecular formula is C13H26O2. The fourth-order valence-corrected chi connectivity index (χ4v) is 2.64. The molecule has 0 aromatic rings. The van der Waals surface area contributed by atoms with Crippen LogP contribution in [-0.2, 0) is 4.74 Å². The fraction of sp³-hybridized carbons (Fsp3) is 1.00. The van der Waals surface area contributed by atoms with Crippen molar-refractivity contribution in [1.82, 2.24) is 0 Å². The van der Waals surface area contributed by atoms with Crippen molar-refractivity contribution < 1.29 is 9.84 Å². The predicted molar refractivity (Wildman–Crippen MR) is 62.9 cm³/mol. The zero-order valence-corrected chi connectivity index (χ0v) is 10.2. The maximum Gasteiger partial charge on any atom is 0.0590 e. The summed E-state index contributed by atoms with van der Waals surface area (Å²) in [6.45, 7) is 5.74. The van der Waals surface area contributed by atoms with Gasteiger partial charge in [0.05, 0.1) is 6.10 Å². The van der Waals surface area contributed by atoms with E-state index in [0.29, 0.717) is 12.5 Å². The first-order chi connectivity index (χ1) is 7.27. The molecular weight excluding hydrogens is 188 g/mol. The third-order valence-electron chi connectivity index (χ3n) is 3.71. The van der Waals surface area contributed by atoms with Crippen LogP contribution < -0.4 is 0 Å². The molecule has 0 heterocycles. The highest BCUT2D eigenvalue weighted by Crippen LogP contribution is 2.33. The minimum Gasteiger partial charge on any atom is -0.393 e. The molecule has 2 heteroatoms. The largest absolute Gasteiger partial charge is 0.393 e. The van der Waals surface area contributed by atoms with Crippen LogP contribution in [-0.4, -0.2) is 24.4 Å². The molecule has 0 radical (unpaired) electrons. The molecule has 0 aromatic heterocycles. The van der Waals surface area contributed by atoms with Crippen molar-refractivity contribution in [1.29, 1.82) is 0 Å². The van der Waals surface area contributed by atoms with Crippen LogP contribution in [0.5, 0.6) is 0 Å². The number of hydrogen-bond donors (Lipinski definition) is 1. The van der Waals surface area contributed by atoms with Gasteiger partial charge in [-0.05, 0) is 38.0 Å². The van der Waals surface area contributed by atoms with Crippen LogP contribution in [0.3, 0.4) is 0 Å². The minimum absolute atomic E-state index is 0.133. The average molecular weight is 214 g/mol. The maximum atomic E-state index is 10.0. The molecule has 1 saturated carbocycles. The van der Waals surface area contributed by atoms with E-state index in [9.17, 15) is 5.11 Å². The zero-order valence-electron chi connectivity index (χ0n) is 10.2. The van der Waals surface area contributed by atoms with Crippen LogP contribution in [0.2, 0.25) is 0 Å². The molecule has 0 bridgehead atoms. The lowest BCUT2D eigenvalue weighted by Gasteiger charge is -2.31. The maximum absolute atomic E-state index is 10.0. The lowest BCUT2D eigenvalue weighted by atomic mass is 9.77. The highest BCUT2D eigenvalue weighted by molar-refractivity contribution is 4.77. The van der Waals surface area contributed by atoms with Gasteiger partial charge in [-0.15, -0.1) is 0 Å². The summed E-state index contributed by atoms with van der Waals surface area (Å²) in [5.74, 6) is 1.38. The van der Waals surface area contributed by atoms with Crippen LogP contribution >= 0.6 is 0 Å². The van der Waals surface area contributed by atoms with E-state index < -0.39 is 0 Å². The highest BCUT2D eigenvalue weighted by atomic mass is 16.5. The number of aliphatic hydroxyl groups excluding tert-OH is 1. The standard InChI is InChI=1S/C13H26O2/c1-3-11-6-5-7-12(10-11)13(14)8-9-15-4-2/h11-14H,3-10H2,1-2H3. The normalized spacial score (nSPS) is 29.0.